The number of aromatic nitrogens is 1. The molecule has 0 bridgehead atoms. The van der Waals surface area contributed by atoms with Crippen LogP contribution in [0.15, 0.2) is 47.2 Å². The Bertz CT molecular complexity index is 1570. The average molecular weight is 520 g/mol. The summed E-state index contributed by atoms with van der Waals surface area (Å²) in [5.74, 6) is -5.46. The van der Waals surface area contributed by atoms with E-state index in [1.165, 1.54) is 5.38 Å². The van der Waals surface area contributed by atoms with E-state index in [-0.39, 0.29) is 22.9 Å². The maximum atomic E-state index is 14.4. The number of hydrogen-bond acceptors (Lipinski definition) is 4. The summed E-state index contributed by atoms with van der Waals surface area (Å²) in [7, 11) is 0. The van der Waals surface area contributed by atoms with E-state index < -0.39 is 64.6 Å². The minimum atomic E-state index is -4.83. The molecule has 0 aliphatic carbocycles. The summed E-state index contributed by atoms with van der Waals surface area (Å²) in [5.41, 5.74) is -2.68. The Balaban J connectivity index is 1.84. The van der Waals surface area contributed by atoms with Crippen molar-refractivity contribution in [1.29, 1.82) is 0 Å². The largest absolute Gasteiger partial charge is 0.477 e. The van der Waals surface area contributed by atoms with Crippen LogP contribution < -0.4 is 4.90 Å². The minimum Gasteiger partial charge on any atom is -0.477 e. The van der Waals surface area contributed by atoms with Crippen LogP contribution in [0.1, 0.15) is 37.5 Å². The number of alkyl halides is 3. The van der Waals surface area contributed by atoms with Crippen LogP contribution in [0, 0.1) is 11.6 Å². The van der Waals surface area contributed by atoms with E-state index in [0.717, 1.165) is 40.2 Å². The van der Waals surface area contributed by atoms with Gasteiger partial charge in [-0.25, -0.2) is 18.5 Å². The van der Waals surface area contributed by atoms with Gasteiger partial charge in [0.1, 0.15) is 11.6 Å². The second kappa shape index (κ2) is 8.26. The van der Waals surface area contributed by atoms with Crippen LogP contribution in [0.25, 0.3) is 10.9 Å². The normalized spacial score (nSPS) is 14.0. The summed E-state index contributed by atoms with van der Waals surface area (Å²) in [6.45, 7) is -0.720. The summed E-state index contributed by atoms with van der Waals surface area (Å²) >= 11 is 1.14. The first kappa shape index (κ1) is 23.7. The van der Waals surface area contributed by atoms with E-state index in [2.05, 4.69) is 0 Å². The van der Waals surface area contributed by atoms with Gasteiger partial charge in [-0.1, -0.05) is 6.07 Å². The molecule has 1 aliphatic heterocycles. The molecule has 2 aromatic heterocycles. The van der Waals surface area contributed by atoms with Gasteiger partial charge in [-0.15, -0.1) is 0 Å². The number of aromatic carboxylic acids is 1. The fourth-order valence-electron chi connectivity index (χ4n) is 4.31. The highest BCUT2D eigenvalue weighted by Gasteiger charge is 2.40. The molecule has 6 nitrogen and oxygen atoms in total. The standard InChI is InChI=1S/C24H13F5N2O4S/c25-16-2-1-3-17(26)14(16)8-30-18-5-4-12(24(27,28)29)7-13(18)20(21(30)23(34)35)31-19(32)6-11-9-36-10-15(11)22(31)33/h1-5,7,9-10H,6,8H2,(H,34,35). The van der Waals surface area contributed by atoms with Gasteiger partial charge in [0.05, 0.1) is 35.3 Å². The molecule has 0 atom stereocenters. The van der Waals surface area contributed by atoms with Gasteiger partial charge in [0.2, 0.25) is 5.91 Å². The van der Waals surface area contributed by atoms with Crippen molar-refractivity contribution in [3.8, 4) is 0 Å². The first-order chi connectivity index (χ1) is 17.0. The molecule has 5 rings (SSSR count). The highest BCUT2D eigenvalue weighted by molar-refractivity contribution is 7.08. The second-order valence-electron chi connectivity index (χ2n) is 8.04. The van der Waals surface area contributed by atoms with Crippen molar-refractivity contribution in [2.75, 3.05) is 4.90 Å². The molecule has 1 aliphatic rings. The van der Waals surface area contributed by atoms with Gasteiger partial charge in [0, 0.05) is 16.3 Å². The first-order valence-electron chi connectivity index (χ1n) is 10.3. The van der Waals surface area contributed by atoms with Crippen LogP contribution in [-0.2, 0) is 23.9 Å². The lowest BCUT2D eigenvalue weighted by Crippen LogP contribution is -2.42. The zero-order chi connectivity index (χ0) is 25.9. The summed E-state index contributed by atoms with van der Waals surface area (Å²) in [6, 6.07) is 5.25. The van der Waals surface area contributed by atoms with E-state index in [0.29, 0.717) is 22.6 Å². The van der Waals surface area contributed by atoms with Gasteiger partial charge in [0.15, 0.2) is 5.69 Å². The fraction of sp³-hybridized carbons (Fsp3) is 0.125. The SMILES string of the molecule is O=C(O)c1c(N2C(=O)Cc3cscc3C2=O)c2cc(C(F)(F)F)ccc2n1Cc1c(F)cccc1F. The molecule has 4 aromatic rings. The molecule has 1 N–H and O–H groups in total. The number of amides is 2. The van der Waals surface area contributed by atoms with Crippen LogP contribution in [0.5, 0.6) is 0 Å². The summed E-state index contributed by atoms with van der Waals surface area (Å²) in [5, 5.41) is 12.7. The minimum absolute atomic E-state index is 0.115. The molecule has 0 fully saturated rings. The Hall–Kier alpha value is -4.06. The molecule has 36 heavy (non-hydrogen) atoms. The van der Waals surface area contributed by atoms with E-state index in [9.17, 15) is 41.4 Å². The third-order valence-electron chi connectivity index (χ3n) is 5.93. The smallest absolute Gasteiger partial charge is 0.416 e. The fourth-order valence-corrected chi connectivity index (χ4v) is 5.14. The first-order valence-corrected chi connectivity index (χ1v) is 11.2. The van der Waals surface area contributed by atoms with Crippen molar-refractivity contribution >= 4 is 45.7 Å². The van der Waals surface area contributed by atoms with E-state index in [4.69, 9.17) is 0 Å². The monoisotopic (exact) mass is 520 g/mol. The van der Waals surface area contributed by atoms with Crippen molar-refractivity contribution in [2.45, 2.75) is 19.1 Å². The molecule has 184 valence electrons. The van der Waals surface area contributed by atoms with E-state index >= 15 is 0 Å². The Kier molecular flexibility index (Phi) is 5.43. The van der Waals surface area contributed by atoms with Gasteiger partial charge in [-0.2, -0.15) is 24.5 Å². The Morgan fingerprint density at radius 3 is 2.39 bits per heavy atom. The lowest BCUT2D eigenvalue weighted by atomic mass is 10.0. The van der Waals surface area contributed by atoms with Gasteiger partial charge >= 0.3 is 12.1 Å². The van der Waals surface area contributed by atoms with Crippen molar-refractivity contribution < 1.29 is 41.4 Å². The highest BCUT2D eigenvalue weighted by atomic mass is 32.1. The van der Waals surface area contributed by atoms with Gasteiger partial charge < -0.3 is 9.67 Å². The molecule has 2 aromatic carbocycles. The van der Waals surface area contributed by atoms with Gasteiger partial charge in [0.25, 0.3) is 5.91 Å². The maximum Gasteiger partial charge on any atom is 0.416 e. The number of thiophene rings is 1. The number of imide groups is 1. The Labute approximate surface area is 202 Å². The number of fused-ring (bicyclic) bond motifs is 2. The van der Waals surface area contributed by atoms with Crippen LogP contribution in [0.2, 0.25) is 0 Å². The number of carbonyl (C=O) groups is 3. The molecule has 0 saturated carbocycles. The number of hydrogen-bond donors (Lipinski definition) is 1. The maximum absolute atomic E-state index is 14.4. The molecule has 2 amide bonds. The Morgan fingerprint density at radius 1 is 1.06 bits per heavy atom. The summed E-state index contributed by atoms with van der Waals surface area (Å²) in [4.78, 5) is 39.2. The quantitative estimate of drug-likeness (QED) is 0.286. The number of carboxylic acid groups (broad SMARTS) is 1. The molecule has 0 saturated heterocycles. The van der Waals surface area contributed by atoms with Crippen molar-refractivity contribution in [3.05, 3.63) is 86.7 Å². The van der Waals surface area contributed by atoms with Gasteiger partial charge in [-0.05, 0) is 41.3 Å². The van der Waals surface area contributed by atoms with E-state index in [1.54, 1.807) is 5.38 Å². The highest BCUT2D eigenvalue weighted by Crippen LogP contribution is 2.41. The molecule has 0 radical (unpaired) electrons. The lowest BCUT2D eigenvalue weighted by Gasteiger charge is -2.25. The number of rotatable bonds is 4. The van der Waals surface area contributed by atoms with Crippen molar-refractivity contribution in [1.82, 2.24) is 4.57 Å². The molecule has 12 heteroatoms. The van der Waals surface area contributed by atoms with Crippen LogP contribution in [0.3, 0.4) is 0 Å². The van der Waals surface area contributed by atoms with Crippen molar-refractivity contribution in [3.63, 3.8) is 0 Å². The van der Waals surface area contributed by atoms with Gasteiger partial charge in [-0.3, -0.25) is 9.59 Å². The third kappa shape index (κ3) is 3.65. The predicted molar refractivity (Wildman–Crippen MR) is 119 cm³/mol. The van der Waals surface area contributed by atoms with Crippen LogP contribution in [0.4, 0.5) is 27.6 Å². The zero-order valence-electron chi connectivity index (χ0n) is 17.9. The number of anilines is 1. The number of carboxylic acids is 1. The van der Waals surface area contributed by atoms with E-state index in [1.807, 2.05) is 0 Å². The lowest BCUT2D eigenvalue weighted by molar-refractivity contribution is -0.137. The third-order valence-corrected chi connectivity index (χ3v) is 6.73. The number of halogens is 5. The van der Waals surface area contributed by atoms with Crippen LogP contribution >= 0.6 is 11.3 Å². The second-order valence-corrected chi connectivity index (χ2v) is 8.78. The molecule has 0 unspecified atom stereocenters. The molecular formula is C24H13F5N2O4S. The number of carbonyl (C=O) groups excluding carboxylic acids is 2. The molecular weight excluding hydrogens is 507 g/mol. The summed E-state index contributed by atoms with van der Waals surface area (Å²) in [6.07, 6.45) is -5.11. The molecule has 3 heterocycles. The molecule has 0 spiro atoms. The summed E-state index contributed by atoms with van der Waals surface area (Å²) < 4.78 is 70.4. The van der Waals surface area contributed by atoms with Crippen molar-refractivity contribution in [2.24, 2.45) is 0 Å². The predicted octanol–water partition coefficient (Wildman–Crippen LogP) is 5.48. The van der Waals surface area contributed by atoms with Crippen LogP contribution in [-0.4, -0.2) is 27.5 Å². The average Bonchev–Trinajstić information content (AvgIpc) is 3.38. The zero-order valence-corrected chi connectivity index (χ0v) is 18.7. The number of benzene rings is 2. The Morgan fingerprint density at radius 2 is 1.75 bits per heavy atom. The topological polar surface area (TPSA) is 79.6 Å². The number of nitrogens with zero attached hydrogens (tertiary/aromatic N) is 2.